The molecule has 12 atom stereocenters. The van der Waals surface area contributed by atoms with Crippen LogP contribution in [0.25, 0.3) is 6.08 Å². The standard InChI is InChI=1S/C38H46O9/c1-21-25(24-14-15-43-19-24)16-26-32(21)38(5)27(17-31(42-6)46-26)37(4)29(47-30(40)13-12-23-10-8-7-9-11-23)18-28(45-22(2)39)36(3)20-44-33(34(36)37)35(38)41/h7-15,19,25-29,31,33-35,41H,16-18,20H2,1-6H3. The van der Waals surface area contributed by atoms with Crippen molar-refractivity contribution in [3.05, 3.63) is 77.3 Å². The van der Waals surface area contributed by atoms with Crippen LogP contribution in [0, 0.1) is 28.1 Å². The number of fused-ring (bicyclic) bond motifs is 4. The Labute approximate surface area is 276 Å². The van der Waals surface area contributed by atoms with E-state index in [-0.39, 0.29) is 23.9 Å². The molecule has 5 aliphatic rings. The molecule has 0 radical (unpaired) electrons. The van der Waals surface area contributed by atoms with Gasteiger partial charge in [0.15, 0.2) is 6.29 Å². The molecule has 9 heteroatoms. The number of carbonyl (C=O) groups excluding carboxylic acids is 2. The van der Waals surface area contributed by atoms with Gasteiger partial charge in [0.1, 0.15) is 12.2 Å². The molecule has 2 saturated heterocycles. The van der Waals surface area contributed by atoms with E-state index in [4.69, 9.17) is 28.1 Å². The smallest absolute Gasteiger partial charge is 0.331 e. The molecule has 0 bridgehead atoms. The molecule has 12 unspecified atom stereocenters. The molecule has 3 heterocycles. The predicted octanol–water partition coefficient (Wildman–Crippen LogP) is 5.83. The minimum absolute atomic E-state index is 0.0609. The van der Waals surface area contributed by atoms with E-state index in [0.29, 0.717) is 25.9 Å². The fourth-order valence-electron chi connectivity index (χ4n) is 10.6. The van der Waals surface area contributed by atoms with Gasteiger partial charge in [0, 0.05) is 61.0 Å². The van der Waals surface area contributed by atoms with E-state index >= 15 is 0 Å². The maximum Gasteiger partial charge on any atom is 0.331 e. The molecule has 252 valence electrons. The van der Waals surface area contributed by atoms with Crippen molar-refractivity contribution in [2.75, 3.05) is 13.7 Å². The summed E-state index contributed by atoms with van der Waals surface area (Å²) < 4.78 is 37.3. The van der Waals surface area contributed by atoms with Gasteiger partial charge in [0.05, 0.1) is 37.4 Å². The number of allylic oxidation sites excluding steroid dienone is 1. The van der Waals surface area contributed by atoms with Crippen molar-refractivity contribution in [3.8, 4) is 0 Å². The van der Waals surface area contributed by atoms with Gasteiger partial charge in [-0.1, -0.05) is 56.7 Å². The molecule has 4 fully saturated rings. The van der Waals surface area contributed by atoms with Crippen LogP contribution in [-0.2, 0) is 33.3 Å². The second-order valence-corrected chi connectivity index (χ2v) is 14.9. The van der Waals surface area contributed by atoms with Crippen LogP contribution in [0.4, 0.5) is 0 Å². The van der Waals surface area contributed by atoms with Crippen molar-refractivity contribution in [2.24, 2.45) is 28.1 Å². The van der Waals surface area contributed by atoms with Gasteiger partial charge in [-0.05, 0) is 48.1 Å². The predicted molar refractivity (Wildman–Crippen MR) is 172 cm³/mol. The number of hydrogen-bond donors (Lipinski definition) is 1. The minimum atomic E-state index is -0.896. The largest absolute Gasteiger partial charge is 0.472 e. The zero-order valence-electron chi connectivity index (χ0n) is 28.0. The third-order valence-corrected chi connectivity index (χ3v) is 12.6. The molecule has 3 aliphatic carbocycles. The van der Waals surface area contributed by atoms with Crippen LogP contribution in [0.3, 0.4) is 0 Å². The lowest BCUT2D eigenvalue weighted by molar-refractivity contribution is -0.259. The van der Waals surface area contributed by atoms with E-state index in [9.17, 15) is 14.7 Å². The molecule has 9 nitrogen and oxygen atoms in total. The second-order valence-electron chi connectivity index (χ2n) is 14.9. The van der Waals surface area contributed by atoms with Crippen LogP contribution >= 0.6 is 0 Å². The summed E-state index contributed by atoms with van der Waals surface area (Å²) >= 11 is 0. The van der Waals surface area contributed by atoms with Gasteiger partial charge >= 0.3 is 11.9 Å². The van der Waals surface area contributed by atoms with Gasteiger partial charge in [-0.25, -0.2) is 4.79 Å². The first-order valence-corrected chi connectivity index (χ1v) is 16.7. The fourth-order valence-corrected chi connectivity index (χ4v) is 10.6. The zero-order chi connectivity index (χ0) is 33.3. The van der Waals surface area contributed by atoms with Crippen molar-refractivity contribution < 1.29 is 42.8 Å². The molecule has 2 aliphatic heterocycles. The van der Waals surface area contributed by atoms with Gasteiger partial charge in [-0.15, -0.1) is 0 Å². The summed E-state index contributed by atoms with van der Waals surface area (Å²) in [6.45, 7) is 10.3. The highest BCUT2D eigenvalue weighted by Crippen LogP contribution is 2.72. The summed E-state index contributed by atoms with van der Waals surface area (Å²) in [7, 11) is 1.66. The first-order valence-electron chi connectivity index (χ1n) is 16.7. The number of aliphatic hydroxyl groups excluding tert-OH is 1. The second kappa shape index (κ2) is 11.7. The Morgan fingerprint density at radius 2 is 1.79 bits per heavy atom. The summed E-state index contributed by atoms with van der Waals surface area (Å²) in [6.07, 6.45) is 4.62. The molecular weight excluding hydrogens is 600 g/mol. The number of hydrogen-bond acceptors (Lipinski definition) is 9. The molecule has 1 aromatic carbocycles. The van der Waals surface area contributed by atoms with Crippen molar-refractivity contribution in [1.29, 1.82) is 0 Å². The summed E-state index contributed by atoms with van der Waals surface area (Å²) in [5.74, 6) is -1.36. The van der Waals surface area contributed by atoms with Crippen LogP contribution in [0.2, 0.25) is 0 Å². The number of rotatable bonds is 6. The zero-order valence-corrected chi connectivity index (χ0v) is 28.0. The van der Waals surface area contributed by atoms with Crippen LogP contribution < -0.4 is 0 Å². The van der Waals surface area contributed by atoms with E-state index in [1.54, 1.807) is 25.7 Å². The highest BCUT2D eigenvalue weighted by Gasteiger charge is 2.76. The van der Waals surface area contributed by atoms with E-state index < -0.39 is 58.9 Å². The average molecular weight is 647 g/mol. The summed E-state index contributed by atoms with van der Waals surface area (Å²) in [5.41, 5.74) is 2.02. The van der Waals surface area contributed by atoms with E-state index in [0.717, 1.165) is 22.3 Å². The molecule has 47 heavy (non-hydrogen) atoms. The Morgan fingerprint density at radius 3 is 2.47 bits per heavy atom. The molecular formula is C38H46O9. The Hall–Kier alpha value is -3.24. The van der Waals surface area contributed by atoms with Gasteiger partial charge < -0.3 is 33.2 Å². The quantitative estimate of drug-likeness (QED) is 0.235. The summed E-state index contributed by atoms with van der Waals surface area (Å²) in [5, 5.41) is 12.6. The molecule has 2 aromatic rings. The summed E-state index contributed by atoms with van der Waals surface area (Å²) in [6, 6.07) is 11.6. The topological polar surface area (TPSA) is 114 Å². The molecule has 0 spiro atoms. The Bertz CT molecular complexity index is 1560. The van der Waals surface area contributed by atoms with Gasteiger partial charge in [0.2, 0.25) is 0 Å². The normalized spacial score (nSPS) is 42.4. The number of furan rings is 1. The van der Waals surface area contributed by atoms with Crippen LogP contribution in [-0.4, -0.2) is 67.6 Å². The SMILES string of the molecule is COC1CC2C(C)(C3=C(C)C(c4ccoc4)CC3O1)C(O)C1OCC3(C)C(OC(C)=O)CC(OC(=O)C=Cc4ccccc4)C2(C)C13. The number of esters is 2. The maximum atomic E-state index is 13.6. The number of ether oxygens (including phenoxy) is 5. The maximum absolute atomic E-state index is 13.6. The van der Waals surface area contributed by atoms with Gasteiger partial charge in [-0.3, -0.25) is 4.79 Å². The van der Waals surface area contributed by atoms with Gasteiger partial charge in [0.25, 0.3) is 0 Å². The highest BCUT2D eigenvalue weighted by molar-refractivity contribution is 5.87. The molecule has 2 saturated carbocycles. The minimum Gasteiger partial charge on any atom is -0.472 e. The van der Waals surface area contributed by atoms with Crippen LogP contribution in [0.1, 0.15) is 70.9 Å². The molecule has 7 rings (SSSR count). The number of aliphatic hydroxyl groups is 1. The fraction of sp³-hybridized carbons (Fsp3) is 0.579. The molecule has 1 N–H and O–H groups in total. The first-order chi connectivity index (χ1) is 22.4. The van der Waals surface area contributed by atoms with Crippen molar-refractivity contribution in [1.82, 2.24) is 0 Å². The lowest BCUT2D eigenvalue weighted by Crippen LogP contribution is -2.71. The Kier molecular flexibility index (Phi) is 8.06. The number of carbonyl (C=O) groups is 2. The Balaban J connectivity index is 1.36. The third kappa shape index (κ3) is 4.87. The first kappa shape index (κ1) is 32.3. The monoisotopic (exact) mass is 646 g/mol. The summed E-state index contributed by atoms with van der Waals surface area (Å²) in [4.78, 5) is 26.1. The number of methoxy groups -OCH3 is 1. The highest BCUT2D eigenvalue weighted by atomic mass is 16.7. The van der Waals surface area contributed by atoms with Gasteiger partial charge in [-0.2, -0.15) is 0 Å². The lowest BCUT2D eigenvalue weighted by Gasteiger charge is -2.66. The molecule has 1 aromatic heterocycles. The lowest BCUT2D eigenvalue weighted by atomic mass is 9.39. The van der Waals surface area contributed by atoms with Crippen molar-refractivity contribution in [2.45, 2.75) is 96.6 Å². The third-order valence-electron chi connectivity index (χ3n) is 12.6. The van der Waals surface area contributed by atoms with Crippen LogP contribution in [0.15, 0.2) is 70.6 Å². The number of benzene rings is 1. The van der Waals surface area contributed by atoms with E-state index in [1.165, 1.54) is 13.0 Å². The van der Waals surface area contributed by atoms with Crippen LogP contribution in [0.5, 0.6) is 0 Å². The molecule has 0 amide bonds. The average Bonchev–Trinajstić information content (AvgIpc) is 3.76. The van der Waals surface area contributed by atoms with Crippen molar-refractivity contribution in [3.63, 3.8) is 0 Å². The van der Waals surface area contributed by atoms with Crippen molar-refractivity contribution >= 4 is 18.0 Å². The Morgan fingerprint density at radius 1 is 1.02 bits per heavy atom. The van der Waals surface area contributed by atoms with E-state index in [1.807, 2.05) is 36.4 Å². The van der Waals surface area contributed by atoms with E-state index in [2.05, 4.69) is 27.7 Å².